The number of hydrogen-bond donors (Lipinski definition) is 1. The zero-order chi connectivity index (χ0) is 20.2. The second-order valence-corrected chi connectivity index (χ2v) is 5.83. The van der Waals surface area contributed by atoms with Crippen LogP contribution < -0.4 is 19.5 Å². The van der Waals surface area contributed by atoms with Gasteiger partial charge in [-0.15, -0.1) is 13.2 Å². The molecular weight excluding hydrogens is 363 g/mol. The molecule has 0 heterocycles. The molecule has 0 aliphatic rings. The lowest BCUT2D eigenvalue weighted by molar-refractivity contribution is -0.274. The molecule has 2 rings (SSSR count). The van der Waals surface area contributed by atoms with Gasteiger partial charge in [-0.1, -0.05) is 0 Å². The summed E-state index contributed by atoms with van der Waals surface area (Å²) >= 11 is 0. The van der Waals surface area contributed by atoms with Crippen molar-refractivity contribution in [3.05, 3.63) is 53.1 Å². The number of amides is 1. The summed E-state index contributed by atoms with van der Waals surface area (Å²) in [7, 11) is 3.05. The van der Waals surface area contributed by atoms with Gasteiger partial charge in [-0.3, -0.25) is 4.79 Å². The van der Waals surface area contributed by atoms with Gasteiger partial charge in [0.15, 0.2) is 11.5 Å². The Morgan fingerprint density at radius 2 is 1.59 bits per heavy atom. The zero-order valence-corrected chi connectivity index (χ0v) is 15.3. The highest BCUT2D eigenvalue weighted by Gasteiger charge is 2.31. The Morgan fingerprint density at radius 1 is 1.04 bits per heavy atom. The fourth-order valence-corrected chi connectivity index (χ4v) is 2.63. The van der Waals surface area contributed by atoms with Crippen LogP contribution in [0, 0.1) is 6.92 Å². The van der Waals surface area contributed by atoms with E-state index >= 15 is 0 Å². The SMILES string of the molecule is COc1cc(C)c(C(C)NC(=O)c2ccc(OC(F)(F)F)cc2)cc1OC. The van der Waals surface area contributed by atoms with Gasteiger partial charge in [0.05, 0.1) is 20.3 Å². The van der Waals surface area contributed by atoms with Crippen molar-refractivity contribution in [1.29, 1.82) is 0 Å². The Hall–Kier alpha value is -2.90. The molecular formula is C19H20F3NO4. The van der Waals surface area contributed by atoms with E-state index in [1.807, 2.05) is 6.92 Å². The third-order valence-corrected chi connectivity index (χ3v) is 3.94. The third-order valence-electron chi connectivity index (χ3n) is 3.94. The Labute approximate surface area is 155 Å². The zero-order valence-electron chi connectivity index (χ0n) is 15.3. The van der Waals surface area contributed by atoms with E-state index in [9.17, 15) is 18.0 Å². The molecule has 2 aromatic rings. The molecule has 0 aliphatic heterocycles. The second kappa shape index (κ2) is 8.20. The maximum absolute atomic E-state index is 12.4. The minimum Gasteiger partial charge on any atom is -0.493 e. The summed E-state index contributed by atoms with van der Waals surface area (Å²) in [6, 6.07) is 7.95. The molecule has 0 bridgehead atoms. The van der Waals surface area contributed by atoms with Crippen LogP contribution in [-0.2, 0) is 0 Å². The molecule has 0 saturated heterocycles. The quantitative estimate of drug-likeness (QED) is 0.803. The molecule has 0 radical (unpaired) electrons. The number of nitrogens with one attached hydrogen (secondary N) is 1. The van der Waals surface area contributed by atoms with Crippen LogP contribution in [0.4, 0.5) is 13.2 Å². The first kappa shape index (κ1) is 20.4. The summed E-state index contributed by atoms with van der Waals surface area (Å²) in [5.74, 6) is 0.309. The number of rotatable bonds is 6. The first-order valence-electron chi connectivity index (χ1n) is 8.03. The number of benzene rings is 2. The number of carbonyl (C=O) groups excluding carboxylic acids is 1. The van der Waals surface area contributed by atoms with Gasteiger partial charge in [0.25, 0.3) is 5.91 Å². The normalized spacial score (nSPS) is 12.3. The van der Waals surface area contributed by atoms with Crippen molar-refractivity contribution in [1.82, 2.24) is 5.32 Å². The lowest BCUT2D eigenvalue weighted by Crippen LogP contribution is -2.27. The van der Waals surface area contributed by atoms with Gasteiger partial charge in [-0.05, 0) is 61.4 Å². The van der Waals surface area contributed by atoms with Crippen molar-refractivity contribution in [2.75, 3.05) is 14.2 Å². The van der Waals surface area contributed by atoms with Crippen molar-refractivity contribution < 1.29 is 32.2 Å². The average Bonchev–Trinajstić information content (AvgIpc) is 2.60. The summed E-state index contributed by atoms with van der Waals surface area (Å²) in [5.41, 5.74) is 1.95. The summed E-state index contributed by atoms with van der Waals surface area (Å²) in [6.07, 6.45) is -4.77. The number of halogens is 3. The van der Waals surface area contributed by atoms with E-state index in [2.05, 4.69) is 10.1 Å². The number of aryl methyl sites for hydroxylation is 1. The fraction of sp³-hybridized carbons (Fsp3) is 0.316. The van der Waals surface area contributed by atoms with E-state index < -0.39 is 12.3 Å². The Kier molecular flexibility index (Phi) is 6.20. The molecule has 1 atom stereocenters. The largest absolute Gasteiger partial charge is 0.573 e. The molecule has 5 nitrogen and oxygen atoms in total. The maximum Gasteiger partial charge on any atom is 0.573 e. The van der Waals surface area contributed by atoms with E-state index in [0.717, 1.165) is 23.3 Å². The van der Waals surface area contributed by atoms with E-state index in [1.54, 1.807) is 19.1 Å². The highest BCUT2D eigenvalue weighted by Crippen LogP contribution is 2.33. The third kappa shape index (κ3) is 5.29. The standard InChI is InChI=1S/C19H20F3NO4/c1-11-9-16(25-3)17(26-4)10-15(11)12(2)23-18(24)13-5-7-14(8-6-13)27-19(20,21)22/h5-10,12H,1-4H3,(H,23,24). The molecule has 1 unspecified atom stereocenters. The van der Waals surface area contributed by atoms with Crippen LogP contribution in [-0.4, -0.2) is 26.5 Å². The van der Waals surface area contributed by atoms with Gasteiger partial charge < -0.3 is 19.5 Å². The Balaban J connectivity index is 2.13. The fourth-order valence-electron chi connectivity index (χ4n) is 2.63. The van der Waals surface area contributed by atoms with Crippen molar-refractivity contribution in [2.24, 2.45) is 0 Å². The molecule has 2 aromatic carbocycles. The monoisotopic (exact) mass is 383 g/mol. The molecule has 0 aromatic heterocycles. The van der Waals surface area contributed by atoms with Crippen LogP contribution >= 0.6 is 0 Å². The van der Waals surface area contributed by atoms with Crippen molar-refractivity contribution in [2.45, 2.75) is 26.3 Å². The van der Waals surface area contributed by atoms with Gasteiger partial charge in [-0.2, -0.15) is 0 Å². The number of ether oxygens (including phenoxy) is 3. The number of carbonyl (C=O) groups is 1. The molecule has 0 spiro atoms. The summed E-state index contributed by atoms with van der Waals surface area (Å²) < 4.78 is 50.9. The van der Waals surface area contributed by atoms with Gasteiger partial charge in [0, 0.05) is 5.56 Å². The van der Waals surface area contributed by atoms with Crippen molar-refractivity contribution in [3.8, 4) is 17.2 Å². The smallest absolute Gasteiger partial charge is 0.493 e. The minimum absolute atomic E-state index is 0.217. The molecule has 27 heavy (non-hydrogen) atoms. The maximum atomic E-state index is 12.4. The van der Waals surface area contributed by atoms with E-state index in [1.165, 1.54) is 26.4 Å². The predicted molar refractivity (Wildman–Crippen MR) is 93.3 cm³/mol. The Bertz CT molecular complexity index is 804. The first-order valence-corrected chi connectivity index (χ1v) is 8.03. The lowest BCUT2D eigenvalue weighted by atomic mass is 10.0. The first-order chi connectivity index (χ1) is 12.6. The van der Waals surface area contributed by atoms with E-state index in [4.69, 9.17) is 9.47 Å². The van der Waals surface area contributed by atoms with E-state index in [0.29, 0.717) is 11.5 Å². The highest BCUT2D eigenvalue weighted by atomic mass is 19.4. The van der Waals surface area contributed by atoms with Crippen LogP contribution in [0.5, 0.6) is 17.2 Å². The summed E-state index contributed by atoms with van der Waals surface area (Å²) in [6.45, 7) is 3.68. The molecule has 0 fully saturated rings. The van der Waals surface area contributed by atoms with Crippen molar-refractivity contribution >= 4 is 5.91 Å². The van der Waals surface area contributed by atoms with Gasteiger partial charge in [0.2, 0.25) is 0 Å². The topological polar surface area (TPSA) is 56.8 Å². The highest BCUT2D eigenvalue weighted by molar-refractivity contribution is 5.94. The van der Waals surface area contributed by atoms with Crippen LogP contribution in [0.3, 0.4) is 0 Å². The second-order valence-electron chi connectivity index (χ2n) is 5.83. The molecule has 146 valence electrons. The summed E-state index contributed by atoms with van der Waals surface area (Å²) in [5, 5.41) is 2.81. The van der Waals surface area contributed by atoms with Gasteiger partial charge in [0.1, 0.15) is 5.75 Å². The van der Waals surface area contributed by atoms with E-state index in [-0.39, 0.29) is 17.4 Å². The molecule has 8 heteroatoms. The molecule has 1 N–H and O–H groups in total. The van der Waals surface area contributed by atoms with Crippen LogP contribution in [0.25, 0.3) is 0 Å². The number of alkyl halides is 3. The number of methoxy groups -OCH3 is 2. The van der Waals surface area contributed by atoms with Crippen LogP contribution in [0.1, 0.15) is 34.5 Å². The average molecular weight is 383 g/mol. The van der Waals surface area contributed by atoms with Gasteiger partial charge >= 0.3 is 6.36 Å². The minimum atomic E-state index is -4.77. The number of hydrogen-bond acceptors (Lipinski definition) is 4. The Morgan fingerprint density at radius 3 is 2.11 bits per heavy atom. The van der Waals surface area contributed by atoms with Gasteiger partial charge in [-0.25, -0.2) is 0 Å². The lowest BCUT2D eigenvalue weighted by Gasteiger charge is -2.19. The molecule has 0 saturated carbocycles. The van der Waals surface area contributed by atoms with Crippen molar-refractivity contribution in [3.63, 3.8) is 0 Å². The van der Waals surface area contributed by atoms with Crippen LogP contribution in [0.15, 0.2) is 36.4 Å². The molecule has 0 aliphatic carbocycles. The predicted octanol–water partition coefficient (Wildman–Crippen LogP) is 4.40. The van der Waals surface area contributed by atoms with Crippen LogP contribution in [0.2, 0.25) is 0 Å². The summed E-state index contributed by atoms with van der Waals surface area (Å²) in [4.78, 5) is 12.4. The molecule has 1 amide bonds.